The molecule has 0 bridgehead atoms. The second-order valence-corrected chi connectivity index (χ2v) is 8.55. The average molecular weight is 489 g/mol. The Bertz CT molecular complexity index is 1050. The molecular formula is C20H18BrClF3N3O. The number of rotatable bonds is 4. The summed E-state index contributed by atoms with van der Waals surface area (Å²) in [5.74, 6) is 0. The van der Waals surface area contributed by atoms with Crippen LogP contribution in [-0.2, 0) is 11.5 Å². The van der Waals surface area contributed by atoms with Crippen LogP contribution in [0.15, 0.2) is 36.7 Å². The lowest BCUT2D eigenvalue weighted by Crippen LogP contribution is -2.43. The Morgan fingerprint density at radius 1 is 1.28 bits per heavy atom. The van der Waals surface area contributed by atoms with Crippen LogP contribution >= 0.6 is 27.5 Å². The van der Waals surface area contributed by atoms with Gasteiger partial charge < -0.3 is 10.1 Å². The van der Waals surface area contributed by atoms with E-state index < -0.39 is 23.5 Å². The number of alkyl halides is 4. The van der Waals surface area contributed by atoms with Gasteiger partial charge in [0.05, 0.1) is 23.5 Å². The minimum absolute atomic E-state index is 0.0169. The van der Waals surface area contributed by atoms with Crippen molar-refractivity contribution in [1.82, 2.24) is 14.8 Å². The maximum absolute atomic E-state index is 14.0. The van der Waals surface area contributed by atoms with Crippen molar-refractivity contribution in [2.45, 2.75) is 42.9 Å². The van der Waals surface area contributed by atoms with Crippen LogP contribution in [0.4, 0.5) is 13.2 Å². The summed E-state index contributed by atoms with van der Waals surface area (Å²) < 4.78 is 43.0. The molecule has 1 saturated carbocycles. The van der Waals surface area contributed by atoms with Crippen LogP contribution in [0, 0.1) is 0 Å². The van der Waals surface area contributed by atoms with Crippen LogP contribution in [0.2, 0.25) is 5.02 Å². The van der Waals surface area contributed by atoms with Gasteiger partial charge in [-0.15, -0.1) is 0 Å². The van der Waals surface area contributed by atoms with Gasteiger partial charge in [-0.25, -0.2) is 0 Å². The van der Waals surface area contributed by atoms with Gasteiger partial charge in [-0.1, -0.05) is 45.7 Å². The van der Waals surface area contributed by atoms with E-state index in [0.29, 0.717) is 21.6 Å². The first kappa shape index (κ1) is 20.5. The molecule has 0 atom stereocenters. The molecule has 2 heterocycles. The topological polar surface area (TPSA) is 53.8 Å². The Balaban J connectivity index is 1.84. The largest absolute Gasteiger partial charge is 0.433 e. The fraction of sp³-hybridized carbons (Fsp3) is 0.350. The average Bonchev–Trinajstić information content (AvgIpc) is 3.23. The lowest BCUT2D eigenvalue weighted by molar-refractivity contribution is -0.148. The number of nitrogens with one attached hydrogen (secondary N) is 1. The molecule has 1 aliphatic rings. The fourth-order valence-electron chi connectivity index (χ4n) is 3.99. The SMILES string of the molecule is CC1(O)CC(n2ncc(-c3[nH]cc(-c4ccccc4Cl)c3CBr)c2C(F)(F)F)C1. The predicted molar refractivity (Wildman–Crippen MR) is 109 cm³/mol. The Labute approximate surface area is 178 Å². The van der Waals surface area contributed by atoms with E-state index in [1.807, 2.05) is 12.1 Å². The second kappa shape index (κ2) is 7.18. The summed E-state index contributed by atoms with van der Waals surface area (Å²) in [5, 5.41) is 14.9. The van der Waals surface area contributed by atoms with Gasteiger partial charge in [0.2, 0.25) is 0 Å². The van der Waals surface area contributed by atoms with Crippen molar-refractivity contribution in [2.24, 2.45) is 0 Å². The molecule has 4 rings (SSSR count). The molecule has 9 heteroatoms. The van der Waals surface area contributed by atoms with Crippen LogP contribution in [0.5, 0.6) is 0 Å². The van der Waals surface area contributed by atoms with E-state index >= 15 is 0 Å². The van der Waals surface area contributed by atoms with E-state index in [-0.39, 0.29) is 18.4 Å². The Morgan fingerprint density at radius 3 is 2.55 bits per heavy atom. The molecule has 2 aromatic heterocycles. The summed E-state index contributed by atoms with van der Waals surface area (Å²) in [4.78, 5) is 2.99. The zero-order valence-electron chi connectivity index (χ0n) is 15.4. The third-order valence-corrected chi connectivity index (χ3v) is 6.21. The lowest BCUT2D eigenvalue weighted by Gasteiger charge is -2.41. The van der Waals surface area contributed by atoms with Gasteiger partial charge in [-0.3, -0.25) is 4.68 Å². The Morgan fingerprint density at radius 2 is 1.97 bits per heavy atom. The molecule has 0 saturated heterocycles. The zero-order chi connectivity index (χ0) is 21.0. The van der Waals surface area contributed by atoms with Crippen molar-refractivity contribution in [3.8, 4) is 22.4 Å². The molecule has 4 nitrogen and oxygen atoms in total. The van der Waals surface area contributed by atoms with Gasteiger partial charge in [0.25, 0.3) is 0 Å². The van der Waals surface area contributed by atoms with E-state index in [1.165, 1.54) is 6.20 Å². The monoisotopic (exact) mass is 487 g/mol. The molecule has 1 aliphatic carbocycles. The smallest absolute Gasteiger partial charge is 0.390 e. The van der Waals surface area contributed by atoms with Gasteiger partial charge in [0, 0.05) is 33.2 Å². The molecule has 0 spiro atoms. The third-order valence-electron chi connectivity index (χ3n) is 5.32. The van der Waals surface area contributed by atoms with Crippen molar-refractivity contribution >= 4 is 27.5 Å². The first-order chi connectivity index (χ1) is 13.6. The van der Waals surface area contributed by atoms with Crippen LogP contribution in [0.25, 0.3) is 22.4 Å². The van der Waals surface area contributed by atoms with E-state index in [1.54, 1.807) is 25.3 Å². The number of hydrogen-bond donors (Lipinski definition) is 2. The van der Waals surface area contributed by atoms with Crippen LogP contribution in [0.3, 0.4) is 0 Å². The predicted octanol–water partition coefficient (Wildman–Crippen LogP) is 6.20. The highest BCUT2D eigenvalue weighted by atomic mass is 79.9. The van der Waals surface area contributed by atoms with E-state index in [2.05, 4.69) is 26.0 Å². The number of H-pyrrole nitrogens is 1. The highest BCUT2D eigenvalue weighted by Gasteiger charge is 2.46. The van der Waals surface area contributed by atoms with Crippen molar-refractivity contribution in [1.29, 1.82) is 0 Å². The maximum Gasteiger partial charge on any atom is 0.433 e. The molecule has 2 N–H and O–H groups in total. The van der Waals surface area contributed by atoms with Crippen LogP contribution < -0.4 is 0 Å². The van der Waals surface area contributed by atoms with Crippen molar-refractivity contribution in [3.05, 3.63) is 52.9 Å². The number of aromatic amines is 1. The number of halogens is 5. The molecule has 0 aliphatic heterocycles. The molecule has 1 aromatic carbocycles. The van der Waals surface area contributed by atoms with E-state index in [0.717, 1.165) is 15.8 Å². The Hall–Kier alpha value is -1.77. The molecule has 154 valence electrons. The number of benzene rings is 1. The molecular weight excluding hydrogens is 471 g/mol. The summed E-state index contributed by atoms with van der Waals surface area (Å²) in [5.41, 5.74) is 0.705. The highest BCUT2D eigenvalue weighted by Crippen LogP contribution is 2.47. The number of aliphatic hydroxyl groups is 1. The van der Waals surface area contributed by atoms with Gasteiger partial charge in [-0.2, -0.15) is 18.3 Å². The molecule has 29 heavy (non-hydrogen) atoms. The van der Waals surface area contributed by atoms with Gasteiger partial charge in [0.15, 0.2) is 5.69 Å². The quantitative estimate of drug-likeness (QED) is 0.430. The van der Waals surface area contributed by atoms with Gasteiger partial charge >= 0.3 is 6.18 Å². The van der Waals surface area contributed by atoms with Gasteiger partial charge in [0.1, 0.15) is 0 Å². The third kappa shape index (κ3) is 3.62. The van der Waals surface area contributed by atoms with E-state index in [9.17, 15) is 18.3 Å². The summed E-state index contributed by atoms with van der Waals surface area (Å²) in [6.45, 7) is 1.62. The molecule has 0 amide bonds. The number of aromatic nitrogens is 3. The summed E-state index contributed by atoms with van der Waals surface area (Å²) in [6, 6.07) is 6.70. The molecule has 1 fully saturated rings. The normalized spacial score (nSPS) is 22.0. The maximum atomic E-state index is 14.0. The summed E-state index contributed by atoms with van der Waals surface area (Å²) in [6.07, 6.45) is -1.22. The number of nitrogens with zero attached hydrogens (tertiary/aromatic N) is 2. The van der Waals surface area contributed by atoms with Crippen LogP contribution in [0.1, 0.15) is 37.1 Å². The van der Waals surface area contributed by atoms with Crippen molar-refractivity contribution in [3.63, 3.8) is 0 Å². The minimum Gasteiger partial charge on any atom is -0.390 e. The minimum atomic E-state index is -4.59. The molecule has 0 radical (unpaired) electrons. The van der Waals surface area contributed by atoms with E-state index in [4.69, 9.17) is 11.6 Å². The first-order valence-corrected chi connectivity index (χ1v) is 10.5. The number of hydrogen-bond acceptors (Lipinski definition) is 2. The molecule has 0 unspecified atom stereocenters. The fourth-order valence-corrected chi connectivity index (χ4v) is 4.81. The highest BCUT2D eigenvalue weighted by molar-refractivity contribution is 9.08. The second-order valence-electron chi connectivity index (χ2n) is 7.58. The molecule has 3 aromatic rings. The first-order valence-electron chi connectivity index (χ1n) is 9.01. The standard InChI is InChI=1S/C20H18BrClF3N3O/c1-19(29)6-11(7-19)28-18(20(23,24)25)15(10-27-28)17-13(8-21)14(9-26-17)12-4-2-3-5-16(12)22/h2-5,9-11,26,29H,6-8H2,1H3. The Kier molecular flexibility index (Phi) is 5.07. The van der Waals surface area contributed by atoms with Crippen LogP contribution in [-0.4, -0.2) is 25.5 Å². The van der Waals surface area contributed by atoms with Gasteiger partial charge in [-0.05, 0) is 31.4 Å². The zero-order valence-corrected chi connectivity index (χ0v) is 17.7. The lowest BCUT2D eigenvalue weighted by atomic mass is 9.77. The summed E-state index contributed by atoms with van der Waals surface area (Å²) >= 11 is 9.70. The van der Waals surface area contributed by atoms with Crippen molar-refractivity contribution < 1.29 is 18.3 Å². The summed E-state index contributed by atoms with van der Waals surface area (Å²) in [7, 11) is 0. The van der Waals surface area contributed by atoms with Crippen molar-refractivity contribution in [2.75, 3.05) is 0 Å².